The average molecular weight is 481 g/mol. The fourth-order valence-corrected chi connectivity index (χ4v) is 6.46. The largest absolute Gasteiger partial charge is 0.353 e. The van der Waals surface area contributed by atoms with Crippen molar-refractivity contribution in [3.8, 4) is 0 Å². The fraction of sp³-hybridized carbons (Fsp3) is 0.429. The van der Waals surface area contributed by atoms with Crippen LogP contribution in [0.2, 0.25) is 0 Å². The first-order chi connectivity index (χ1) is 15.3. The van der Waals surface area contributed by atoms with Gasteiger partial charge in [-0.25, -0.2) is 17.5 Å². The maximum Gasteiger partial charge on any atom is 0.250 e. The highest BCUT2D eigenvalue weighted by molar-refractivity contribution is 7.91. The number of amides is 2. The summed E-state index contributed by atoms with van der Waals surface area (Å²) in [7, 11) is -3.62. The van der Waals surface area contributed by atoms with Crippen molar-refractivity contribution in [2.75, 3.05) is 13.1 Å². The molecule has 0 unspecified atom stereocenters. The van der Waals surface area contributed by atoms with Gasteiger partial charge in [0, 0.05) is 38.1 Å². The van der Waals surface area contributed by atoms with Gasteiger partial charge in [-0.15, -0.1) is 11.3 Å². The zero-order valence-electron chi connectivity index (χ0n) is 17.3. The van der Waals surface area contributed by atoms with Gasteiger partial charge in [0.2, 0.25) is 21.8 Å². The summed E-state index contributed by atoms with van der Waals surface area (Å²) in [4.78, 5) is 26.6. The second-order valence-corrected chi connectivity index (χ2v) is 10.9. The molecule has 3 atom stereocenters. The molecule has 2 fully saturated rings. The summed E-state index contributed by atoms with van der Waals surface area (Å²) in [5.41, 5.74) is 0.810. The van der Waals surface area contributed by atoms with Crippen LogP contribution in [0.25, 0.3) is 0 Å². The second-order valence-electron chi connectivity index (χ2n) is 8.04. The fourth-order valence-electron chi connectivity index (χ4n) is 4.21. The number of halogens is 1. The number of carbonyl (C=O) groups is 2. The number of rotatable bonds is 8. The number of sulfonamides is 1. The molecular weight excluding hydrogens is 455 g/mol. The molecule has 2 aliphatic heterocycles. The molecule has 2 aromatic rings. The van der Waals surface area contributed by atoms with Gasteiger partial charge in [-0.2, -0.15) is 0 Å². The first kappa shape index (κ1) is 22.8. The predicted molar refractivity (Wildman–Crippen MR) is 118 cm³/mol. The number of benzene rings is 1. The summed E-state index contributed by atoms with van der Waals surface area (Å²) < 4.78 is 41.0. The van der Waals surface area contributed by atoms with Gasteiger partial charge in [-0.05, 0) is 42.0 Å². The molecule has 172 valence electrons. The Morgan fingerprint density at radius 1 is 1.25 bits per heavy atom. The minimum absolute atomic E-state index is 0.0505. The normalized spacial score (nSPS) is 23.5. The summed E-state index contributed by atoms with van der Waals surface area (Å²) in [6.45, 7) is 1.16. The lowest BCUT2D eigenvalue weighted by molar-refractivity contribution is -0.129. The Bertz CT molecular complexity index is 1060. The van der Waals surface area contributed by atoms with Crippen LogP contribution in [0.4, 0.5) is 4.39 Å². The molecule has 2 saturated heterocycles. The van der Waals surface area contributed by atoms with Crippen LogP contribution < -0.4 is 15.4 Å². The van der Waals surface area contributed by atoms with E-state index in [2.05, 4.69) is 15.4 Å². The van der Waals surface area contributed by atoms with Crippen LogP contribution in [0.1, 0.15) is 24.8 Å². The minimum Gasteiger partial charge on any atom is -0.353 e. The van der Waals surface area contributed by atoms with E-state index >= 15 is 0 Å². The third-order valence-corrected chi connectivity index (χ3v) is 8.73. The van der Waals surface area contributed by atoms with Gasteiger partial charge >= 0.3 is 0 Å². The molecule has 0 bridgehead atoms. The van der Waals surface area contributed by atoms with Gasteiger partial charge in [0.25, 0.3) is 0 Å². The highest BCUT2D eigenvalue weighted by Crippen LogP contribution is 2.27. The van der Waals surface area contributed by atoms with Crippen molar-refractivity contribution in [2.24, 2.45) is 0 Å². The molecule has 2 amide bonds. The molecular formula is C21H25FN4O4S2. The Balaban J connectivity index is 1.30. The van der Waals surface area contributed by atoms with Crippen molar-refractivity contribution in [1.29, 1.82) is 0 Å². The Morgan fingerprint density at radius 2 is 2.03 bits per heavy atom. The van der Waals surface area contributed by atoms with Crippen molar-refractivity contribution >= 4 is 33.2 Å². The zero-order valence-corrected chi connectivity index (χ0v) is 18.9. The van der Waals surface area contributed by atoms with E-state index in [-0.39, 0.29) is 40.3 Å². The number of nitrogens with zero attached hydrogens (tertiary/aromatic N) is 1. The molecule has 0 spiro atoms. The molecule has 0 radical (unpaired) electrons. The van der Waals surface area contributed by atoms with E-state index in [4.69, 9.17) is 0 Å². The molecule has 1 aromatic heterocycles. The van der Waals surface area contributed by atoms with Crippen LogP contribution >= 0.6 is 11.3 Å². The Morgan fingerprint density at radius 3 is 2.75 bits per heavy atom. The summed E-state index contributed by atoms with van der Waals surface area (Å²) in [5, 5.41) is 7.41. The Kier molecular flexibility index (Phi) is 6.89. The van der Waals surface area contributed by atoms with Crippen molar-refractivity contribution < 1.29 is 22.4 Å². The maximum absolute atomic E-state index is 13.0. The van der Waals surface area contributed by atoms with Gasteiger partial charge < -0.3 is 10.6 Å². The SMILES string of the molecule is O=C(CC[C@@H]1CNC(=O)[C@@H]2C[C@@H](NS(=O)(=O)c3cccs3)CN12)NCc1ccc(F)cc1. The standard InChI is InChI=1S/C21H25FN4O4S2/c22-15-5-3-14(4-6-15)11-23-19(27)8-7-17-12-24-21(28)18-10-16(13-26(17)18)25-32(29,30)20-2-1-9-31-20/h1-6,9,16-18,25H,7-8,10-13H2,(H,23,27)(H,24,28)/t16-,17-,18+/m1/s1. The average Bonchev–Trinajstić information content (AvgIpc) is 3.44. The van der Waals surface area contributed by atoms with Crippen LogP contribution in [0.3, 0.4) is 0 Å². The molecule has 4 rings (SSSR count). The first-order valence-electron chi connectivity index (χ1n) is 10.4. The number of carbonyl (C=O) groups excluding carboxylic acids is 2. The first-order valence-corrected chi connectivity index (χ1v) is 12.8. The van der Waals surface area contributed by atoms with Crippen molar-refractivity contribution in [3.05, 3.63) is 53.2 Å². The summed E-state index contributed by atoms with van der Waals surface area (Å²) >= 11 is 1.15. The number of hydrogen-bond acceptors (Lipinski definition) is 6. The van der Waals surface area contributed by atoms with E-state index in [0.717, 1.165) is 16.9 Å². The Hall–Kier alpha value is -2.34. The van der Waals surface area contributed by atoms with E-state index in [1.54, 1.807) is 29.6 Å². The third kappa shape index (κ3) is 5.34. The topological polar surface area (TPSA) is 108 Å². The summed E-state index contributed by atoms with van der Waals surface area (Å²) in [6.07, 6.45) is 1.21. The lowest BCUT2D eigenvalue weighted by Crippen LogP contribution is -2.58. The monoisotopic (exact) mass is 480 g/mol. The Labute approximate surface area is 190 Å². The molecule has 0 aliphatic carbocycles. The molecule has 11 heteroatoms. The molecule has 3 N–H and O–H groups in total. The minimum atomic E-state index is -3.62. The summed E-state index contributed by atoms with van der Waals surface area (Å²) in [5.74, 6) is -0.563. The van der Waals surface area contributed by atoms with Crippen LogP contribution in [0.5, 0.6) is 0 Å². The highest BCUT2D eigenvalue weighted by atomic mass is 32.2. The van der Waals surface area contributed by atoms with Crippen molar-refractivity contribution in [3.63, 3.8) is 0 Å². The van der Waals surface area contributed by atoms with E-state index in [9.17, 15) is 22.4 Å². The van der Waals surface area contributed by atoms with E-state index < -0.39 is 16.1 Å². The quantitative estimate of drug-likeness (QED) is 0.526. The number of nitrogens with one attached hydrogen (secondary N) is 3. The van der Waals surface area contributed by atoms with Gasteiger partial charge in [0.05, 0.1) is 6.04 Å². The summed E-state index contributed by atoms with van der Waals surface area (Å²) in [6, 6.07) is 8.35. The lowest BCUT2D eigenvalue weighted by Gasteiger charge is -2.37. The van der Waals surface area contributed by atoms with Crippen molar-refractivity contribution in [1.82, 2.24) is 20.3 Å². The second kappa shape index (κ2) is 9.65. The van der Waals surface area contributed by atoms with Gasteiger partial charge in [0.1, 0.15) is 10.0 Å². The van der Waals surface area contributed by atoms with E-state index in [1.165, 1.54) is 12.1 Å². The van der Waals surface area contributed by atoms with Crippen LogP contribution in [0, 0.1) is 5.82 Å². The molecule has 8 nitrogen and oxygen atoms in total. The maximum atomic E-state index is 13.0. The van der Waals surface area contributed by atoms with E-state index in [1.807, 2.05) is 4.90 Å². The third-order valence-electron chi connectivity index (χ3n) is 5.81. The van der Waals surface area contributed by atoms with Crippen molar-refractivity contribution in [2.45, 2.75) is 48.1 Å². The molecule has 3 heterocycles. The van der Waals surface area contributed by atoms with Crippen LogP contribution in [-0.4, -0.2) is 56.3 Å². The lowest BCUT2D eigenvalue weighted by atomic mass is 10.0. The smallest absolute Gasteiger partial charge is 0.250 e. The van der Waals surface area contributed by atoms with Gasteiger partial charge in [0.15, 0.2) is 0 Å². The number of hydrogen-bond donors (Lipinski definition) is 3. The zero-order chi connectivity index (χ0) is 22.7. The number of piperazine rings is 1. The van der Waals surface area contributed by atoms with Crippen LogP contribution in [-0.2, 0) is 26.2 Å². The highest BCUT2D eigenvalue weighted by Gasteiger charge is 2.44. The number of fused-ring (bicyclic) bond motifs is 1. The molecule has 0 saturated carbocycles. The molecule has 32 heavy (non-hydrogen) atoms. The molecule has 1 aromatic carbocycles. The van der Waals surface area contributed by atoms with Gasteiger partial charge in [-0.3, -0.25) is 14.5 Å². The van der Waals surface area contributed by atoms with E-state index in [0.29, 0.717) is 32.5 Å². The number of thiophene rings is 1. The predicted octanol–water partition coefficient (Wildman–Crippen LogP) is 1.20. The van der Waals surface area contributed by atoms with Gasteiger partial charge in [-0.1, -0.05) is 18.2 Å². The molecule has 2 aliphatic rings. The van der Waals surface area contributed by atoms with Crippen LogP contribution in [0.15, 0.2) is 46.0 Å².